The van der Waals surface area contributed by atoms with Gasteiger partial charge in [0.1, 0.15) is 0 Å². The molecule has 1 unspecified atom stereocenters. The highest BCUT2D eigenvalue weighted by Crippen LogP contribution is 2.06. The van der Waals surface area contributed by atoms with E-state index in [1.807, 2.05) is 13.8 Å². The summed E-state index contributed by atoms with van der Waals surface area (Å²) in [5, 5.41) is 0. The van der Waals surface area contributed by atoms with Gasteiger partial charge in [-0.25, -0.2) is 0 Å². The normalized spacial score (nSPS) is 12.1. The fourth-order valence-corrected chi connectivity index (χ4v) is 1.16. The Balaban J connectivity index is 3.50. The number of hydrogen-bond donors (Lipinski definition) is 0. The van der Waals surface area contributed by atoms with Crippen molar-refractivity contribution in [2.24, 2.45) is 0 Å². The van der Waals surface area contributed by atoms with Crippen LogP contribution in [0, 0.1) is 0 Å². The number of ether oxygens (including phenoxy) is 2. The third kappa shape index (κ3) is 6.66. The zero-order chi connectivity index (χ0) is 10.8. The van der Waals surface area contributed by atoms with Crippen LogP contribution in [0.3, 0.4) is 0 Å². The van der Waals surface area contributed by atoms with Gasteiger partial charge in [-0.3, -0.25) is 4.79 Å². The monoisotopic (exact) mass is 200 g/mol. The molecule has 0 aromatic heterocycles. The number of hydrogen-bond acceptors (Lipinski definition) is 3. The highest BCUT2D eigenvalue weighted by molar-refractivity contribution is 5.69. The molecule has 0 aromatic rings. The van der Waals surface area contributed by atoms with E-state index in [9.17, 15) is 4.79 Å². The van der Waals surface area contributed by atoms with E-state index in [1.54, 1.807) is 6.08 Å². The summed E-state index contributed by atoms with van der Waals surface area (Å²) in [6.07, 6.45) is 3.92. The van der Waals surface area contributed by atoms with Crippen molar-refractivity contribution in [1.29, 1.82) is 0 Å². The molecule has 0 aromatic carbocycles. The highest BCUT2D eigenvalue weighted by atomic mass is 16.5. The molecule has 0 fully saturated rings. The minimum Gasteiger partial charge on any atom is -0.466 e. The summed E-state index contributed by atoms with van der Waals surface area (Å²) in [5.41, 5.74) is 0. The van der Waals surface area contributed by atoms with E-state index in [-0.39, 0.29) is 12.1 Å². The number of rotatable bonds is 8. The first kappa shape index (κ1) is 13.2. The van der Waals surface area contributed by atoms with E-state index < -0.39 is 0 Å². The van der Waals surface area contributed by atoms with Gasteiger partial charge in [0.25, 0.3) is 0 Å². The fraction of sp³-hybridized carbons (Fsp3) is 0.727. The van der Waals surface area contributed by atoms with Gasteiger partial charge in [-0.2, -0.15) is 0 Å². The van der Waals surface area contributed by atoms with Crippen LogP contribution in [0.1, 0.15) is 33.1 Å². The second kappa shape index (κ2) is 8.75. The van der Waals surface area contributed by atoms with Crippen molar-refractivity contribution in [2.75, 3.05) is 13.2 Å². The lowest BCUT2D eigenvalue weighted by atomic mass is 10.1. The summed E-state index contributed by atoms with van der Waals surface area (Å²) in [4.78, 5) is 11.0. The third-order valence-electron chi connectivity index (χ3n) is 1.82. The minimum atomic E-state index is -0.133. The standard InChI is InChI=1S/C11H20O3/c1-4-10(13-5-2)8-7-9-11(12)14-6-3/h4,10H,1,5-9H2,2-3H3. The molecule has 3 nitrogen and oxygen atoms in total. The Kier molecular flexibility index (Phi) is 8.24. The predicted molar refractivity (Wildman–Crippen MR) is 56.1 cm³/mol. The molecule has 0 spiro atoms. The second-order valence-electron chi connectivity index (χ2n) is 2.93. The zero-order valence-electron chi connectivity index (χ0n) is 9.12. The molecule has 14 heavy (non-hydrogen) atoms. The molecule has 0 heterocycles. The summed E-state index contributed by atoms with van der Waals surface area (Å²) in [6.45, 7) is 8.56. The van der Waals surface area contributed by atoms with Gasteiger partial charge < -0.3 is 9.47 Å². The largest absolute Gasteiger partial charge is 0.466 e. The Hall–Kier alpha value is -0.830. The van der Waals surface area contributed by atoms with Gasteiger partial charge in [0.05, 0.1) is 12.7 Å². The van der Waals surface area contributed by atoms with Gasteiger partial charge in [-0.05, 0) is 26.7 Å². The van der Waals surface area contributed by atoms with Crippen LogP contribution in [0.15, 0.2) is 12.7 Å². The predicted octanol–water partition coefficient (Wildman–Crippen LogP) is 2.31. The summed E-state index contributed by atoms with van der Waals surface area (Å²) in [6, 6.07) is 0. The number of carbonyl (C=O) groups is 1. The van der Waals surface area contributed by atoms with E-state index in [0.29, 0.717) is 19.6 Å². The van der Waals surface area contributed by atoms with Gasteiger partial charge in [0, 0.05) is 13.0 Å². The highest BCUT2D eigenvalue weighted by Gasteiger charge is 2.06. The summed E-state index contributed by atoms with van der Waals surface area (Å²) < 4.78 is 10.2. The molecule has 0 aliphatic rings. The average molecular weight is 200 g/mol. The van der Waals surface area contributed by atoms with Crippen molar-refractivity contribution in [2.45, 2.75) is 39.2 Å². The van der Waals surface area contributed by atoms with Gasteiger partial charge in [0.15, 0.2) is 0 Å². The van der Waals surface area contributed by atoms with Crippen LogP contribution in [-0.2, 0) is 14.3 Å². The van der Waals surface area contributed by atoms with Crippen molar-refractivity contribution in [1.82, 2.24) is 0 Å². The SMILES string of the molecule is C=CC(CCCC(=O)OCC)OCC. The zero-order valence-corrected chi connectivity index (χ0v) is 9.12. The van der Waals surface area contributed by atoms with Crippen molar-refractivity contribution in [3.05, 3.63) is 12.7 Å². The number of esters is 1. The van der Waals surface area contributed by atoms with Crippen LogP contribution >= 0.6 is 0 Å². The van der Waals surface area contributed by atoms with Crippen LogP contribution in [0.2, 0.25) is 0 Å². The Morgan fingerprint density at radius 2 is 2.14 bits per heavy atom. The molecular weight excluding hydrogens is 180 g/mol. The molecule has 0 N–H and O–H groups in total. The summed E-state index contributed by atoms with van der Waals surface area (Å²) >= 11 is 0. The van der Waals surface area contributed by atoms with Crippen LogP contribution in [0.25, 0.3) is 0 Å². The molecule has 0 aliphatic carbocycles. The van der Waals surface area contributed by atoms with Crippen molar-refractivity contribution in [3.8, 4) is 0 Å². The molecule has 0 amide bonds. The maximum absolute atomic E-state index is 11.0. The summed E-state index contributed by atoms with van der Waals surface area (Å²) in [7, 11) is 0. The van der Waals surface area contributed by atoms with Gasteiger partial charge >= 0.3 is 5.97 Å². The van der Waals surface area contributed by atoms with Crippen LogP contribution in [0.5, 0.6) is 0 Å². The number of carbonyl (C=O) groups excluding carboxylic acids is 1. The molecular formula is C11H20O3. The average Bonchev–Trinajstić information content (AvgIpc) is 2.17. The third-order valence-corrected chi connectivity index (χ3v) is 1.82. The fourth-order valence-electron chi connectivity index (χ4n) is 1.16. The molecule has 82 valence electrons. The van der Waals surface area contributed by atoms with Crippen molar-refractivity contribution < 1.29 is 14.3 Å². The second-order valence-corrected chi connectivity index (χ2v) is 2.93. The van der Waals surface area contributed by atoms with Crippen molar-refractivity contribution in [3.63, 3.8) is 0 Å². The Morgan fingerprint density at radius 1 is 1.43 bits per heavy atom. The molecule has 0 saturated heterocycles. The van der Waals surface area contributed by atoms with Crippen molar-refractivity contribution >= 4 is 5.97 Å². The first-order valence-electron chi connectivity index (χ1n) is 5.14. The maximum atomic E-state index is 11.0. The maximum Gasteiger partial charge on any atom is 0.305 e. The topological polar surface area (TPSA) is 35.5 Å². The van der Waals surface area contributed by atoms with E-state index in [2.05, 4.69) is 6.58 Å². The quantitative estimate of drug-likeness (QED) is 0.445. The lowest BCUT2D eigenvalue weighted by Gasteiger charge is -2.11. The van der Waals surface area contributed by atoms with E-state index in [4.69, 9.17) is 9.47 Å². The Morgan fingerprint density at radius 3 is 2.64 bits per heavy atom. The molecule has 0 radical (unpaired) electrons. The lowest BCUT2D eigenvalue weighted by Crippen LogP contribution is -2.11. The van der Waals surface area contributed by atoms with Crippen LogP contribution in [0.4, 0.5) is 0 Å². The van der Waals surface area contributed by atoms with Crippen LogP contribution in [-0.4, -0.2) is 25.3 Å². The molecule has 3 heteroatoms. The molecule has 0 saturated carbocycles. The summed E-state index contributed by atoms with van der Waals surface area (Å²) in [5.74, 6) is -0.133. The molecule has 1 atom stereocenters. The molecule has 0 bridgehead atoms. The van der Waals surface area contributed by atoms with Crippen LogP contribution < -0.4 is 0 Å². The van der Waals surface area contributed by atoms with Gasteiger partial charge in [-0.15, -0.1) is 6.58 Å². The molecule has 0 aliphatic heterocycles. The Labute approximate surface area is 86.1 Å². The lowest BCUT2D eigenvalue weighted by molar-refractivity contribution is -0.143. The van der Waals surface area contributed by atoms with Gasteiger partial charge in [0.2, 0.25) is 0 Å². The van der Waals surface area contributed by atoms with E-state index in [1.165, 1.54) is 0 Å². The first-order valence-corrected chi connectivity index (χ1v) is 5.14. The molecule has 0 rings (SSSR count). The van der Waals surface area contributed by atoms with E-state index in [0.717, 1.165) is 12.8 Å². The Bertz CT molecular complexity index is 166. The van der Waals surface area contributed by atoms with E-state index >= 15 is 0 Å². The smallest absolute Gasteiger partial charge is 0.305 e. The first-order chi connectivity index (χ1) is 6.74. The minimum absolute atomic E-state index is 0.0643. The van der Waals surface area contributed by atoms with Gasteiger partial charge in [-0.1, -0.05) is 6.08 Å².